The van der Waals surface area contributed by atoms with Crippen LogP contribution in [0.2, 0.25) is 0 Å². The van der Waals surface area contributed by atoms with Crippen LogP contribution in [-0.4, -0.2) is 61.7 Å². The van der Waals surface area contributed by atoms with Crippen LogP contribution < -0.4 is 9.64 Å². The number of fused-ring (bicyclic) bond motifs is 2. The molecule has 0 radical (unpaired) electrons. The number of aliphatic hydroxyl groups is 1. The van der Waals surface area contributed by atoms with Crippen molar-refractivity contribution >= 4 is 17.5 Å². The first-order chi connectivity index (χ1) is 16.2. The summed E-state index contributed by atoms with van der Waals surface area (Å²) < 4.78 is 27.3. The molecule has 0 saturated heterocycles. The monoisotopic (exact) mass is 474 g/mol. The van der Waals surface area contributed by atoms with Crippen LogP contribution in [0.1, 0.15) is 24.1 Å². The Bertz CT molecular complexity index is 1090. The zero-order valence-electron chi connectivity index (χ0n) is 19.2. The van der Waals surface area contributed by atoms with E-state index in [0.29, 0.717) is 23.4 Å². The third-order valence-electron chi connectivity index (χ3n) is 6.31. The van der Waals surface area contributed by atoms with Crippen molar-refractivity contribution in [2.45, 2.75) is 43.6 Å². The molecule has 2 heterocycles. The summed E-state index contributed by atoms with van der Waals surface area (Å²) in [5, 5.41) is 23.3. The predicted octanol–water partition coefficient (Wildman–Crippen LogP) is 2.94. The van der Waals surface area contributed by atoms with Gasteiger partial charge in [-0.25, -0.2) is 4.79 Å². The van der Waals surface area contributed by atoms with E-state index in [4.69, 9.17) is 23.7 Å². The van der Waals surface area contributed by atoms with Gasteiger partial charge in [-0.2, -0.15) is 0 Å². The average molecular weight is 474 g/mol. The van der Waals surface area contributed by atoms with Gasteiger partial charge in [-0.1, -0.05) is 18.2 Å². The lowest BCUT2D eigenvalue weighted by Gasteiger charge is -2.50. The van der Waals surface area contributed by atoms with Crippen LogP contribution in [0.25, 0.3) is 0 Å². The Hall–Kier alpha value is -3.41. The number of hydrogen-bond donors (Lipinski definition) is 1. The van der Waals surface area contributed by atoms with Gasteiger partial charge in [0.2, 0.25) is 0 Å². The standard InChI is InChI=1S/C23H26N2O9/c1-23(21(30-2)31-3)20(26)19(15-12-14(25(28)29)9-10-17(15)34-23)24-16-8-6-5-7-13(16)11-18(24)33-22(27)32-4/h5-10,12,18-21,26H,11H2,1-4H3/t18-,19+,20-,23+/m1/s1. The molecule has 0 bridgehead atoms. The normalized spacial score (nSPS) is 25.4. The summed E-state index contributed by atoms with van der Waals surface area (Å²) in [6.45, 7) is 1.63. The molecule has 182 valence electrons. The molecule has 0 aromatic heterocycles. The highest BCUT2D eigenvalue weighted by Crippen LogP contribution is 2.50. The smallest absolute Gasteiger partial charge is 0.479 e. The first-order valence-corrected chi connectivity index (χ1v) is 10.6. The van der Waals surface area contributed by atoms with E-state index < -0.39 is 41.3 Å². The number of hydrogen-bond acceptors (Lipinski definition) is 10. The van der Waals surface area contributed by atoms with Crippen molar-refractivity contribution in [3.8, 4) is 5.75 Å². The number of ether oxygens (including phenoxy) is 5. The Morgan fingerprint density at radius 2 is 1.94 bits per heavy atom. The fourth-order valence-electron chi connectivity index (χ4n) is 4.77. The first kappa shape index (κ1) is 23.7. The molecule has 11 heteroatoms. The molecule has 34 heavy (non-hydrogen) atoms. The van der Waals surface area contributed by atoms with E-state index >= 15 is 0 Å². The van der Waals surface area contributed by atoms with Crippen LogP contribution in [0.3, 0.4) is 0 Å². The van der Waals surface area contributed by atoms with Gasteiger partial charge in [0.1, 0.15) is 11.9 Å². The average Bonchev–Trinajstić information content (AvgIpc) is 3.17. The summed E-state index contributed by atoms with van der Waals surface area (Å²) in [5.74, 6) is 0.309. The summed E-state index contributed by atoms with van der Waals surface area (Å²) in [4.78, 5) is 24.8. The number of methoxy groups -OCH3 is 3. The third kappa shape index (κ3) is 3.81. The van der Waals surface area contributed by atoms with Crippen molar-refractivity contribution < 1.29 is 38.5 Å². The van der Waals surface area contributed by atoms with Crippen molar-refractivity contribution in [1.29, 1.82) is 0 Å². The van der Waals surface area contributed by atoms with Crippen LogP contribution >= 0.6 is 0 Å². The van der Waals surface area contributed by atoms with Crippen LogP contribution in [0.4, 0.5) is 16.2 Å². The number of nitro benzene ring substituents is 1. The molecule has 2 aliphatic rings. The van der Waals surface area contributed by atoms with Crippen molar-refractivity contribution in [2.75, 3.05) is 26.2 Å². The van der Waals surface area contributed by atoms with Gasteiger partial charge in [0.25, 0.3) is 5.69 Å². The number of nitro groups is 1. The third-order valence-corrected chi connectivity index (χ3v) is 6.31. The molecular formula is C23H26N2O9. The van der Waals surface area contributed by atoms with Crippen molar-refractivity contribution in [3.05, 3.63) is 63.7 Å². The topological polar surface area (TPSA) is 130 Å². The summed E-state index contributed by atoms with van der Waals surface area (Å²) in [5.41, 5.74) is 0.355. The maximum absolute atomic E-state index is 12.1. The Balaban J connectivity index is 1.91. The molecule has 4 rings (SSSR count). The maximum Gasteiger partial charge on any atom is 0.509 e. The number of non-ortho nitro benzene ring substituents is 1. The molecular weight excluding hydrogens is 448 g/mol. The number of para-hydroxylation sites is 1. The minimum Gasteiger partial charge on any atom is -0.479 e. The van der Waals surface area contributed by atoms with Crippen molar-refractivity contribution in [2.24, 2.45) is 0 Å². The van der Waals surface area contributed by atoms with Crippen LogP contribution in [0, 0.1) is 10.1 Å². The van der Waals surface area contributed by atoms with Gasteiger partial charge in [-0.3, -0.25) is 10.1 Å². The second-order valence-electron chi connectivity index (χ2n) is 8.22. The predicted molar refractivity (Wildman–Crippen MR) is 119 cm³/mol. The largest absolute Gasteiger partial charge is 0.509 e. The van der Waals surface area contributed by atoms with E-state index in [0.717, 1.165) is 5.56 Å². The molecule has 0 fully saturated rings. The van der Waals surface area contributed by atoms with Gasteiger partial charge >= 0.3 is 6.16 Å². The molecule has 2 aromatic carbocycles. The Morgan fingerprint density at radius 1 is 1.24 bits per heavy atom. The lowest BCUT2D eigenvalue weighted by atomic mass is 9.83. The molecule has 1 N–H and O–H groups in total. The number of anilines is 1. The van der Waals surface area contributed by atoms with Crippen LogP contribution in [-0.2, 0) is 25.4 Å². The number of nitrogens with zero attached hydrogens (tertiary/aromatic N) is 2. The molecule has 0 saturated carbocycles. The van der Waals surface area contributed by atoms with Gasteiger partial charge in [0.15, 0.2) is 18.1 Å². The number of rotatable bonds is 6. The lowest BCUT2D eigenvalue weighted by molar-refractivity contribution is -0.385. The van der Waals surface area contributed by atoms with E-state index in [2.05, 4.69) is 0 Å². The molecule has 0 unspecified atom stereocenters. The number of aliphatic hydroxyl groups excluding tert-OH is 1. The summed E-state index contributed by atoms with van der Waals surface area (Å²) in [7, 11) is 4.05. The Labute approximate surface area is 195 Å². The molecule has 0 amide bonds. The van der Waals surface area contributed by atoms with E-state index in [1.54, 1.807) is 11.8 Å². The maximum atomic E-state index is 12.1. The molecule has 11 nitrogen and oxygen atoms in total. The molecule has 0 spiro atoms. The molecule has 2 aromatic rings. The minimum atomic E-state index is -1.41. The summed E-state index contributed by atoms with van der Waals surface area (Å²) >= 11 is 0. The highest BCUT2D eigenvalue weighted by atomic mass is 16.7. The fraction of sp³-hybridized carbons (Fsp3) is 0.435. The second kappa shape index (κ2) is 9.09. The molecule has 4 atom stereocenters. The van der Waals surface area contributed by atoms with E-state index in [1.807, 2.05) is 24.3 Å². The highest BCUT2D eigenvalue weighted by Gasteiger charge is 2.56. The Morgan fingerprint density at radius 3 is 2.59 bits per heavy atom. The van der Waals surface area contributed by atoms with E-state index in [9.17, 15) is 20.0 Å². The van der Waals surface area contributed by atoms with Crippen LogP contribution in [0.15, 0.2) is 42.5 Å². The van der Waals surface area contributed by atoms with E-state index in [1.165, 1.54) is 39.5 Å². The van der Waals surface area contributed by atoms with Crippen molar-refractivity contribution in [1.82, 2.24) is 0 Å². The second-order valence-corrected chi connectivity index (χ2v) is 8.22. The van der Waals surface area contributed by atoms with E-state index in [-0.39, 0.29) is 5.69 Å². The van der Waals surface area contributed by atoms with Gasteiger partial charge in [0.05, 0.1) is 18.1 Å². The van der Waals surface area contributed by atoms with Gasteiger partial charge < -0.3 is 33.7 Å². The highest BCUT2D eigenvalue weighted by molar-refractivity contribution is 5.66. The van der Waals surface area contributed by atoms with Gasteiger partial charge in [-0.15, -0.1) is 0 Å². The SMILES string of the molecule is COC(=O)O[C@@H]1Cc2ccccc2N1[C@H]1c2cc([N+](=O)[O-])ccc2O[C@](C)(C(OC)OC)[C@@H]1O. The number of carbonyl (C=O) groups excluding carboxylic acids is 1. The van der Waals surface area contributed by atoms with Crippen LogP contribution in [0.5, 0.6) is 5.75 Å². The summed E-state index contributed by atoms with van der Waals surface area (Å²) in [6, 6.07) is 10.6. The first-order valence-electron chi connectivity index (χ1n) is 10.6. The Kier molecular flexibility index (Phi) is 6.34. The quantitative estimate of drug-likeness (QED) is 0.289. The zero-order valence-corrected chi connectivity index (χ0v) is 19.2. The lowest BCUT2D eigenvalue weighted by Crippen LogP contribution is -2.63. The fourth-order valence-corrected chi connectivity index (χ4v) is 4.77. The van der Waals surface area contributed by atoms with Gasteiger partial charge in [-0.05, 0) is 24.6 Å². The zero-order chi connectivity index (χ0) is 24.6. The molecule has 2 aliphatic heterocycles. The van der Waals surface area contributed by atoms with Crippen molar-refractivity contribution in [3.63, 3.8) is 0 Å². The number of carbonyl (C=O) groups is 1. The minimum absolute atomic E-state index is 0.170. The molecule has 0 aliphatic carbocycles. The van der Waals surface area contributed by atoms with Gasteiger partial charge in [0, 0.05) is 44.0 Å². The number of benzene rings is 2. The summed E-state index contributed by atoms with van der Waals surface area (Å²) in [6.07, 6.45) is -3.71.